The zero-order chi connectivity index (χ0) is 28.7. The molecule has 0 aromatic rings. The number of unbranched alkanes of at least 4 members (excludes halogenated alkanes) is 3. The topological polar surface area (TPSA) is 145 Å². The standard InChI is InChI=1S/C30H46N4O6/c1-2-3-4-5-9-13-22-18-30(22,28(38)39)33-27(37)23-14-10-17-34(23)24(35)19-31-29(40)32-25(26(36)21-15-16-21)20-11-7-6-8-12-20/h9,13,20-23,25H,2-8,10-12,14-19H2,1H3,(H,33,37)(H,38,39)(H2,31,32,40)/b13-9-/t22?,23-,25-,30+/m0/s1. The van der Waals surface area contributed by atoms with Crippen molar-refractivity contribution in [3.63, 3.8) is 0 Å². The van der Waals surface area contributed by atoms with E-state index in [9.17, 15) is 29.1 Å². The Hall–Kier alpha value is -2.91. The molecule has 1 unspecified atom stereocenters. The summed E-state index contributed by atoms with van der Waals surface area (Å²) in [6.45, 7) is 2.20. The van der Waals surface area contributed by atoms with Gasteiger partial charge in [-0.1, -0.05) is 51.2 Å². The number of hydrogen-bond donors (Lipinski definition) is 4. The minimum absolute atomic E-state index is 0.0365. The molecule has 40 heavy (non-hydrogen) atoms. The number of carbonyl (C=O) groups is 5. The fourth-order valence-corrected chi connectivity index (χ4v) is 6.34. The first kappa shape index (κ1) is 30.1. The third-order valence-corrected chi connectivity index (χ3v) is 9.06. The number of Topliss-reactive ketones (excluding diaryl/α,β-unsaturated/α-hetero) is 1. The van der Waals surface area contributed by atoms with E-state index in [2.05, 4.69) is 22.9 Å². The summed E-state index contributed by atoms with van der Waals surface area (Å²) in [6, 6.07) is -1.84. The molecular formula is C30H46N4O6. The number of amides is 4. The molecule has 4 rings (SSSR count). The van der Waals surface area contributed by atoms with Gasteiger partial charge in [-0.15, -0.1) is 0 Å². The Bertz CT molecular complexity index is 989. The van der Waals surface area contributed by atoms with Gasteiger partial charge in [0, 0.05) is 18.4 Å². The fraction of sp³-hybridized carbons (Fsp3) is 0.767. The van der Waals surface area contributed by atoms with Crippen LogP contribution in [0.15, 0.2) is 12.2 Å². The number of aliphatic carboxylic acids is 1. The molecule has 0 bridgehead atoms. The van der Waals surface area contributed by atoms with Gasteiger partial charge in [-0.05, 0) is 63.7 Å². The van der Waals surface area contributed by atoms with Crippen LogP contribution in [0.4, 0.5) is 4.79 Å². The first-order chi connectivity index (χ1) is 19.3. The Morgan fingerprint density at radius 3 is 2.42 bits per heavy atom. The summed E-state index contributed by atoms with van der Waals surface area (Å²) in [5.41, 5.74) is -1.32. The number of nitrogens with one attached hydrogen (secondary N) is 3. The number of likely N-dealkylation sites (tertiary alicyclic amines) is 1. The fourth-order valence-electron chi connectivity index (χ4n) is 6.34. The second kappa shape index (κ2) is 13.6. The number of urea groups is 1. The van der Waals surface area contributed by atoms with Crippen LogP contribution in [0.2, 0.25) is 0 Å². The maximum atomic E-state index is 13.2. The number of allylic oxidation sites excluding steroid dienone is 1. The molecule has 1 heterocycles. The van der Waals surface area contributed by atoms with Crippen molar-refractivity contribution in [3.05, 3.63) is 12.2 Å². The zero-order valence-corrected chi connectivity index (χ0v) is 23.8. The van der Waals surface area contributed by atoms with Gasteiger partial charge in [0.15, 0.2) is 5.78 Å². The van der Waals surface area contributed by atoms with Gasteiger partial charge in [0.05, 0.1) is 12.6 Å². The van der Waals surface area contributed by atoms with Crippen molar-refractivity contribution < 1.29 is 29.1 Å². The molecule has 10 nitrogen and oxygen atoms in total. The Morgan fingerprint density at radius 2 is 1.75 bits per heavy atom. The molecule has 4 fully saturated rings. The van der Waals surface area contributed by atoms with Crippen molar-refractivity contribution >= 4 is 29.6 Å². The molecule has 0 aromatic heterocycles. The van der Waals surface area contributed by atoms with Gasteiger partial charge in [0.1, 0.15) is 11.6 Å². The largest absolute Gasteiger partial charge is 0.479 e. The number of hydrogen-bond acceptors (Lipinski definition) is 5. The van der Waals surface area contributed by atoms with E-state index in [1.54, 1.807) is 0 Å². The molecule has 3 aliphatic carbocycles. The predicted molar refractivity (Wildman–Crippen MR) is 149 cm³/mol. The van der Waals surface area contributed by atoms with Crippen LogP contribution in [0.1, 0.15) is 96.8 Å². The van der Waals surface area contributed by atoms with Crippen molar-refractivity contribution in [1.29, 1.82) is 0 Å². The van der Waals surface area contributed by atoms with Crippen molar-refractivity contribution in [2.24, 2.45) is 17.8 Å². The van der Waals surface area contributed by atoms with Crippen molar-refractivity contribution in [1.82, 2.24) is 20.9 Å². The molecule has 1 aliphatic heterocycles. The van der Waals surface area contributed by atoms with Crippen LogP contribution < -0.4 is 16.0 Å². The predicted octanol–water partition coefficient (Wildman–Crippen LogP) is 3.30. The lowest BCUT2D eigenvalue weighted by molar-refractivity contribution is -0.145. The van der Waals surface area contributed by atoms with Gasteiger partial charge in [-0.25, -0.2) is 9.59 Å². The number of ketones is 1. The summed E-state index contributed by atoms with van der Waals surface area (Å²) in [4.78, 5) is 65.3. The van der Waals surface area contributed by atoms with E-state index in [1.165, 1.54) is 4.90 Å². The van der Waals surface area contributed by atoms with Gasteiger partial charge in [0.25, 0.3) is 0 Å². The van der Waals surface area contributed by atoms with Crippen LogP contribution in [0, 0.1) is 17.8 Å². The SMILES string of the molecule is CCCCC/C=C\C1C[C@]1(NC(=O)[C@@H]1CCCN1C(=O)CNC(=O)N[C@H](C(=O)C1CC1)C1CCCCC1)C(=O)O. The molecule has 4 amide bonds. The maximum Gasteiger partial charge on any atom is 0.330 e. The monoisotopic (exact) mass is 558 g/mol. The summed E-state index contributed by atoms with van der Waals surface area (Å²) in [7, 11) is 0. The van der Waals surface area contributed by atoms with E-state index in [0.717, 1.165) is 70.6 Å². The van der Waals surface area contributed by atoms with E-state index in [4.69, 9.17) is 0 Å². The Kier molecular flexibility index (Phi) is 10.2. The number of carbonyl (C=O) groups excluding carboxylic acids is 4. The third-order valence-electron chi connectivity index (χ3n) is 9.06. The molecule has 4 aliphatic rings. The quantitative estimate of drug-likeness (QED) is 0.190. The highest BCUT2D eigenvalue weighted by Crippen LogP contribution is 2.45. The lowest BCUT2D eigenvalue weighted by Crippen LogP contribution is -2.55. The smallest absolute Gasteiger partial charge is 0.330 e. The number of nitrogens with zero attached hydrogens (tertiary/aromatic N) is 1. The second-order valence-electron chi connectivity index (χ2n) is 12.1. The Balaban J connectivity index is 1.27. The van der Waals surface area contributed by atoms with Crippen LogP contribution in [0.3, 0.4) is 0 Å². The van der Waals surface area contributed by atoms with Gasteiger partial charge < -0.3 is 26.0 Å². The van der Waals surface area contributed by atoms with Crippen molar-refractivity contribution in [2.75, 3.05) is 13.1 Å². The van der Waals surface area contributed by atoms with Gasteiger partial charge in [0.2, 0.25) is 11.8 Å². The van der Waals surface area contributed by atoms with Gasteiger partial charge in [-0.2, -0.15) is 0 Å². The van der Waals surface area contributed by atoms with Crippen molar-refractivity contribution in [2.45, 2.75) is 114 Å². The number of carboxylic acids is 1. The molecular weight excluding hydrogens is 512 g/mol. The van der Waals surface area contributed by atoms with E-state index < -0.39 is 41.4 Å². The van der Waals surface area contributed by atoms with E-state index >= 15 is 0 Å². The maximum absolute atomic E-state index is 13.2. The minimum Gasteiger partial charge on any atom is -0.479 e. The first-order valence-corrected chi connectivity index (χ1v) is 15.4. The molecule has 0 spiro atoms. The van der Waals surface area contributed by atoms with Crippen molar-refractivity contribution in [3.8, 4) is 0 Å². The van der Waals surface area contributed by atoms with Crippen LogP contribution in [0.25, 0.3) is 0 Å². The lowest BCUT2D eigenvalue weighted by Gasteiger charge is -2.30. The summed E-state index contributed by atoms with van der Waals surface area (Å²) in [5.74, 6) is -1.92. The average Bonchev–Trinajstić information content (AvgIpc) is 3.86. The highest BCUT2D eigenvalue weighted by Gasteiger charge is 2.61. The minimum atomic E-state index is -1.32. The molecule has 0 aromatic carbocycles. The Morgan fingerprint density at radius 1 is 1.00 bits per heavy atom. The molecule has 3 saturated carbocycles. The van der Waals surface area contributed by atoms with Crippen LogP contribution in [-0.4, -0.2) is 70.3 Å². The van der Waals surface area contributed by atoms with Crippen LogP contribution in [0.5, 0.6) is 0 Å². The summed E-state index contributed by atoms with van der Waals surface area (Å²) in [6.07, 6.45) is 16.3. The molecule has 10 heteroatoms. The number of carboxylic acid groups (broad SMARTS) is 1. The second-order valence-corrected chi connectivity index (χ2v) is 12.1. The van der Waals surface area contributed by atoms with Crippen LogP contribution in [-0.2, 0) is 19.2 Å². The third kappa shape index (κ3) is 7.43. The zero-order valence-electron chi connectivity index (χ0n) is 23.8. The Labute approximate surface area is 237 Å². The first-order valence-electron chi connectivity index (χ1n) is 15.4. The highest BCUT2D eigenvalue weighted by atomic mass is 16.4. The molecule has 0 radical (unpaired) electrons. The van der Waals surface area contributed by atoms with Crippen LogP contribution >= 0.6 is 0 Å². The molecule has 1 saturated heterocycles. The highest BCUT2D eigenvalue weighted by molar-refractivity contribution is 5.96. The van der Waals surface area contributed by atoms with E-state index in [-0.39, 0.29) is 30.1 Å². The van der Waals surface area contributed by atoms with Gasteiger partial charge >= 0.3 is 12.0 Å². The normalized spacial score (nSPS) is 27.3. The summed E-state index contributed by atoms with van der Waals surface area (Å²) >= 11 is 0. The molecule has 4 N–H and O–H groups in total. The molecule has 222 valence electrons. The lowest BCUT2D eigenvalue weighted by atomic mass is 9.81. The summed E-state index contributed by atoms with van der Waals surface area (Å²) < 4.78 is 0. The summed E-state index contributed by atoms with van der Waals surface area (Å²) in [5, 5.41) is 18.0. The number of rotatable bonds is 14. The van der Waals surface area contributed by atoms with E-state index in [0.29, 0.717) is 25.8 Å². The molecule has 4 atom stereocenters. The average molecular weight is 559 g/mol. The van der Waals surface area contributed by atoms with Gasteiger partial charge in [-0.3, -0.25) is 14.4 Å². The van der Waals surface area contributed by atoms with E-state index in [1.807, 2.05) is 12.2 Å².